The normalized spacial score (nSPS) is 13.7. The molecule has 4 nitrogen and oxygen atoms in total. The van der Waals surface area contributed by atoms with Crippen LogP contribution in [0, 0.1) is 0 Å². The van der Waals surface area contributed by atoms with Gasteiger partial charge in [-0.2, -0.15) is 11.3 Å². The first-order chi connectivity index (χ1) is 10.1. The van der Waals surface area contributed by atoms with Crippen molar-refractivity contribution < 1.29 is 8.42 Å². The zero-order chi connectivity index (χ0) is 15.3. The largest absolute Gasteiger partial charge is 0.296 e. The molecule has 1 atom stereocenters. The predicted molar refractivity (Wildman–Crippen MR) is 89.5 cm³/mol. The van der Waals surface area contributed by atoms with Crippen molar-refractivity contribution in [3.05, 3.63) is 39.9 Å². The van der Waals surface area contributed by atoms with Gasteiger partial charge in [0.05, 0.1) is 0 Å². The molecule has 1 N–H and O–H groups in total. The van der Waals surface area contributed by atoms with Gasteiger partial charge in [0, 0.05) is 12.6 Å². The highest BCUT2D eigenvalue weighted by Gasteiger charge is 2.22. The van der Waals surface area contributed by atoms with Crippen LogP contribution in [0.4, 0.5) is 0 Å². The van der Waals surface area contributed by atoms with Crippen LogP contribution in [-0.2, 0) is 10.0 Å². The molecule has 116 valence electrons. The number of rotatable bonds is 8. The number of hydrogen-bond acceptors (Lipinski definition) is 5. The molecule has 0 saturated carbocycles. The molecule has 21 heavy (non-hydrogen) atoms. The fourth-order valence-corrected chi connectivity index (χ4v) is 5.05. The quantitative estimate of drug-likeness (QED) is 0.800. The highest BCUT2D eigenvalue weighted by molar-refractivity contribution is 7.91. The van der Waals surface area contributed by atoms with Crippen molar-refractivity contribution in [3.8, 4) is 0 Å². The lowest BCUT2D eigenvalue weighted by Crippen LogP contribution is -2.37. The molecule has 2 aromatic heterocycles. The van der Waals surface area contributed by atoms with Gasteiger partial charge in [-0.15, -0.1) is 11.3 Å². The summed E-state index contributed by atoms with van der Waals surface area (Å²) in [6.07, 6.45) is 0. The Bertz CT molecular complexity index is 617. The topological polar surface area (TPSA) is 49.4 Å². The van der Waals surface area contributed by atoms with Crippen molar-refractivity contribution in [1.29, 1.82) is 0 Å². The molecule has 2 rings (SSSR count). The first-order valence-corrected chi connectivity index (χ1v) is 10.2. The van der Waals surface area contributed by atoms with Gasteiger partial charge < -0.3 is 0 Å². The van der Waals surface area contributed by atoms with Crippen LogP contribution in [-0.4, -0.2) is 33.0 Å². The van der Waals surface area contributed by atoms with E-state index >= 15 is 0 Å². The molecular formula is C14H20N2O2S3. The molecule has 0 fully saturated rings. The van der Waals surface area contributed by atoms with E-state index in [1.165, 1.54) is 11.3 Å². The summed E-state index contributed by atoms with van der Waals surface area (Å²) in [4.78, 5) is 2.26. The molecule has 7 heteroatoms. The maximum atomic E-state index is 12.2. The number of sulfonamides is 1. The van der Waals surface area contributed by atoms with Crippen molar-refractivity contribution >= 4 is 32.7 Å². The van der Waals surface area contributed by atoms with E-state index in [2.05, 4.69) is 34.9 Å². The Morgan fingerprint density at radius 2 is 2.00 bits per heavy atom. The summed E-state index contributed by atoms with van der Waals surface area (Å²) in [7, 11) is -3.41. The number of hydrogen-bond donors (Lipinski definition) is 1. The van der Waals surface area contributed by atoms with Crippen molar-refractivity contribution in [3.63, 3.8) is 0 Å². The second-order valence-corrected chi connectivity index (χ2v) is 8.30. The average molecular weight is 345 g/mol. The van der Waals surface area contributed by atoms with Gasteiger partial charge >= 0.3 is 0 Å². The predicted octanol–water partition coefficient (Wildman–Crippen LogP) is 3.17. The van der Waals surface area contributed by atoms with E-state index in [4.69, 9.17) is 0 Å². The smallest absolute Gasteiger partial charge is 0.250 e. The zero-order valence-corrected chi connectivity index (χ0v) is 14.6. The lowest BCUT2D eigenvalue weighted by Gasteiger charge is -2.29. The summed E-state index contributed by atoms with van der Waals surface area (Å²) in [6.45, 7) is 6.35. The van der Waals surface area contributed by atoms with Gasteiger partial charge in [0.2, 0.25) is 10.0 Å². The molecule has 0 aliphatic heterocycles. The Labute approximate surface area is 134 Å². The lowest BCUT2D eigenvalue weighted by atomic mass is 10.1. The molecule has 0 aliphatic carbocycles. The van der Waals surface area contributed by atoms with E-state index in [0.717, 1.165) is 18.7 Å². The molecule has 0 aliphatic rings. The van der Waals surface area contributed by atoms with Crippen molar-refractivity contribution in [2.75, 3.05) is 19.6 Å². The Morgan fingerprint density at radius 3 is 2.52 bits per heavy atom. The highest BCUT2D eigenvalue weighted by atomic mass is 32.2. The van der Waals surface area contributed by atoms with Crippen LogP contribution in [0.3, 0.4) is 0 Å². The van der Waals surface area contributed by atoms with Crippen LogP contribution in [0.1, 0.15) is 25.5 Å². The molecule has 0 radical (unpaired) electrons. The van der Waals surface area contributed by atoms with E-state index in [9.17, 15) is 8.42 Å². The fourth-order valence-electron chi connectivity index (χ4n) is 2.26. The van der Waals surface area contributed by atoms with Gasteiger partial charge in [-0.1, -0.05) is 19.9 Å². The minimum atomic E-state index is -3.41. The Hall–Kier alpha value is -0.730. The summed E-state index contributed by atoms with van der Waals surface area (Å²) in [5, 5.41) is 5.89. The summed E-state index contributed by atoms with van der Waals surface area (Å²) < 4.78 is 27.6. The second kappa shape index (κ2) is 7.51. The van der Waals surface area contributed by atoms with Gasteiger partial charge in [-0.3, -0.25) is 4.90 Å². The van der Waals surface area contributed by atoms with Crippen LogP contribution in [0.2, 0.25) is 0 Å². The van der Waals surface area contributed by atoms with Crippen LogP contribution >= 0.6 is 22.7 Å². The standard InChI is InChI=1S/C14H20N2O2S3/c1-3-16(4-2)13(12-7-9-19-11-12)10-15-21(17,18)14-6-5-8-20-14/h5-9,11,13,15H,3-4,10H2,1-2H3. The van der Waals surface area contributed by atoms with Gasteiger partial charge in [0.25, 0.3) is 0 Å². The molecule has 0 spiro atoms. The first-order valence-electron chi connectivity index (χ1n) is 6.87. The van der Waals surface area contributed by atoms with Gasteiger partial charge in [-0.05, 0) is 46.9 Å². The minimum absolute atomic E-state index is 0.0704. The second-order valence-electron chi connectivity index (χ2n) is 4.58. The molecule has 1 unspecified atom stereocenters. The van der Waals surface area contributed by atoms with Gasteiger partial charge in [0.1, 0.15) is 4.21 Å². The van der Waals surface area contributed by atoms with Crippen LogP contribution in [0.25, 0.3) is 0 Å². The molecular weight excluding hydrogens is 324 g/mol. The third kappa shape index (κ3) is 4.14. The molecule has 2 aromatic rings. The minimum Gasteiger partial charge on any atom is -0.296 e. The van der Waals surface area contributed by atoms with E-state index < -0.39 is 10.0 Å². The first kappa shape index (κ1) is 16.6. The van der Waals surface area contributed by atoms with Crippen LogP contribution < -0.4 is 4.72 Å². The SMILES string of the molecule is CCN(CC)C(CNS(=O)(=O)c1cccs1)c1ccsc1. The average Bonchev–Trinajstić information content (AvgIpc) is 3.15. The fraction of sp³-hybridized carbons (Fsp3) is 0.429. The van der Waals surface area contributed by atoms with Gasteiger partial charge in [-0.25, -0.2) is 13.1 Å². The van der Waals surface area contributed by atoms with E-state index in [0.29, 0.717) is 10.8 Å². The third-order valence-electron chi connectivity index (χ3n) is 3.41. The number of likely N-dealkylation sites (N-methyl/N-ethyl adjacent to an activating group) is 1. The summed E-state index contributed by atoms with van der Waals surface area (Å²) >= 11 is 2.87. The van der Waals surface area contributed by atoms with Crippen molar-refractivity contribution in [1.82, 2.24) is 9.62 Å². The van der Waals surface area contributed by atoms with Crippen LogP contribution in [0.5, 0.6) is 0 Å². The van der Waals surface area contributed by atoms with E-state index in [-0.39, 0.29) is 6.04 Å². The van der Waals surface area contributed by atoms with Crippen LogP contribution in [0.15, 0.2) is 38.5 Å². The summed E-state index contributed by atoms with van der Waals surface area (Å²) in [6, 6.07) is 5.51. The maximum absolute atomic E-state index is 12.2. The molecule has 2 heterocycles. The Kier molecular flexibility index (Phi) is 5.95. The Balaban J connectivity index is 2.13. The third-order valence-corrected chi connectivity index (χ3v) is 6.93. The number of nitrogens with one attached hydrogen (secondary N) is 1. The van der Waals surface area contributed by atoms with E-state index in [1.54, 1.807) is 28.8 Å². The number of thiophene rings is 2. The van der Waals surface area contributed by atoms with E-state index in [1.807, 2.05) is 5.38 Å². The van der Waals surface area contributed by atoms with Gasteiger partial charge in [0.15, 0.2) is 0 Å². The highest BCUT2D eigenvalue weighted by Crippen LogP contribution is 2.23. The lowest BCUT2D eigenvalue weighted by molar-refractivity contribution is 0.220. The maximum Gasteiger partial charge on any atom is 0.250 e. The molecule has 0 saturated heterocycles. The van der Waals surface area contributed by atoms with Crippen molar-refractivity contribution in [2.24, 2.45) is 0 Å². The Morgan fingerprint density at radius 1 is 1.24 bits per heavy atom. The molecule has 0 amide bonds. The summed E-state index contributed by atoms with van der Waals surface area (Å²) in [5.41, 5.74) is 1.16. The molecule has 0 bridgehead atoms. The number of nitrogens with zero attached hydrogens (tertiary/aromatic N) is 1. The summed E-state index contributed by atoms with van der Waals surface area (Å²) in [5.74, 6) is 0. The molecule has 0 aromatic carbocycles. The van der Waals surface area contributed by atoms with Crippen molar-refractivity contribution in [2.45, 2.75) is 24.1 Å². The zero-order valence-electron chi connectivity index (χ0n) is 12.2. The monoisotopic (exact) mass is 344 g/mol.